The van der Waals surface area contributed by atoms with E-state index in [0.29, 0.717) is 30.6 Å². The number of alkyl carbamates (subject to hydrolysis) is 1. The number of methoxy groups -OCH3 is 1. The van der Waals surface area contributed by atoms with Crippen LogP contribution in [0.15, 0.2) is 24.3 Å². The average molecular weight is 385 g/mol. The summed E-state index contributed by atoms with van der Waals surface area (Å²) in [5.41, 5.74) is 2.67. The molecule has 4 rings (SSSR count). The third-order valence-corrected chi connectivity index (χ3v) is 6.98. The molecule has 0 bridgehead atoms. The molecule has 1 N–H and O–H groups in total. The highest BCUT2D eigenvalue weighted by molar-refractivity contribution is 5.81. The van der Waals surface area contributed by atoms with Crippen LogP contribution in [0.5, 0.6) is 0 Å². The predicted octanol–water partition coefficient (Wildman–Crippen LogP) is 3.68. The third-order valence-electron chi connectivity index (χ3n) is 6.98. The average Bonchev–Trinajstić information content (AvgIpc) is 3.11. The first-order valence-corrected chi connectivity index (χ1v) is 10.4. The van der Waals surface area contributed by atoms with Crippen LogP contribution in [0, 0.1) is 17.8 Å². The summed E-state index contributed by atoms with van der Waals surface area (Å²) in [6.45, 7) is 10.5. The van der Waals surface area contributed by atoms with E-state index in [1.54, 1.807) is 0 Å². The van der Waals surface area contributed by atoms with Gasteiger partial charge in [0, 0.05) is 24.5 Å². The summed E-state index contributed by atoms with van der Waals surface area (Å²) in [5.74, 6) is 2.12. The Balaban J connectivity index is 1.31. The largest absolute Gasteiger partial charge is 0.453 e. The van der Waals surface area contributed by atoms with Crippen molar-refractivity contribution in [3.8, 4) is 0 Å². The Morgan fingerprint density at radius 3 is 2.39 bits per heavy atom. The SMILES string of the molecule is COC(=O)NC1(C)CC(C(=O)N2C[C@@H]3C(c4cccc(C(C)(C)C)c4)[C@@H]3C2)C1. The zero-order valence-electron chi connectivity index (χ0n) is 17.6. The van der Waals surface area contributed by atoms with Gasteiger partial charge in [-0.3, -0.25) is 4.79 Å². The Labute approximate surface area is 167 Å². The van der Waals surface area contributed by atoms with E-state index in [4.69, 9.17) is 0 Å². The summed E-state index contributed by atoms with van der Waals surface area (Å²) in [7, 11) is 1.37. The van der Waals surface area contributed by atoms with E-state index in [2.05, 4.69) is 60.0 Å². The van der Waals surface area contributed by atoms with Crippen LogP contribution in [-0.2, 0) is 14.9 Å². The van der Waals surface area contributed by atoms with Gasteiger partial charge < -0.3 is 15.0 Å². The molecule has 3 fully saturated rings. The van der Waals surface area contributed by atoms with Gasteiger partial charge in [-0.2, -0.15) is 0 Å². The minimum absolute atomic E-state index is 0.0299. The highest BCUT2D eigenvalue weighted by Crippen LogP contribution is 2.59. The first kappa shape index (κ1) is 19.3. The predicted molar refractivity (Wildman–Crippen MR) is 108 cm³/mol. The zero-order chi connectivity index (χ0) is 20.3. The Hall–Kier alpha value is -2.04. The normalized spacial score (nSPS) is 33.7. The minimum Gasteiger partial charge on any atom is -0.453 e. The van der Waals surface area contributed by atoms with E-state index in [0.717, 1.165) is 13.1 Å². The summed E-state index contributed by atoms with van der Waals surface area (Å²) >= 11 is 0. The van der Waals surface area contributed by atoms with Gasteiger partial charge in [0.1, 0.15) is 0 Å². The number of nitrogens with zero attached hydrogens (tertiary/aromatic N) is 1. The molecule has 1 aliphatic heterocycles. The lowest BCUT2D eigenvalue weighted by Crippen LogP contribution is -2.58. The molecule has 1 saturated heterocycles. The molecule has 0 aromatic heterocycles. The van der Waals surface area contributed by atoms with E-state index in [1.165, 1.54) is 18.2 Å². The number of hydrogen-bond donors (Lipinski definition) is 1. The summed E-state index contributed by atoms with van der Waals surface area (Å²) < 4.78 is 4.67. The van der Waals surface area contributed by atoms with Gasteiger partial charge in [0.2, 0.25) is 5.91 Å². The summed E-state index contributed by atoms with van der Waals surface area (Å²) in [4.78, 5) is 26.3. The standard InChI is InChI=1S/C23H32N2O3/c1-22(2,3)16-8-6-7-14(9-16)19-17-12-25(13-18(17)19)20(26)15-10-23(4,11-15)24-21(27)28-5/h6-9,15,17-19H,10-13H2,1-5H3,(H,24,27)/t15?,17-,18+,19?,23?. The van der Waals surface area contributed by atoms with Crippen LogP contribution in [0.4, 0.5) is 4.79 Å². The molecule has 0 spiro atoms. The number of rotatable bonds is 3. The van der Waals surface area contributed by atoms with Crippen molar-refractivity contribution in [1.82, 2.24) is 10.2 Å². The maximum Gasteiger partial charge on any atom is 0.407 e. The van der Waals surface area contributed by atoms with E-state index in [9.17, 15) is 9.59 Å². The topological polar surface area (TPSA) is 58.6 Å². The molecule has 152 valence electrons. The molecule has 1 unspecified atom stereocenters. The first-order chi connectivity index (χ1) is 13.1. The molecule has 0 radical (unpaired) electrons. The Morgan fingerprint density at radius 2 is 1.82 bits per heavy atom. The van der Waals surface area contributed by atoms with Crippen LogP contribution in [0.2, 0.25) is 0 Å². The summed E-state index contributed by atoms with van der Waals surface area (Å²) in [6, 6.07) is 9.01. The Morgan fingerprint density at radius 1 is 1.18 bits per heavy atom. The van der Waals surface area contributed by atoms with Gasteiger partial charge in [-0.05, 0) is 54.1 Å². The molecule has 1 aromatic rings. The molecule has 1 aromatic carbocycles. The van der Waals surface area contributed by atoms with Crippen molar-refractivity contribution in [3.05, 3.63) is 35.4 Å². The number of carbonyl (C=O) groups excluding carboxylic acids is 2. The van der Waals surface area contributed by atoms with Gasteiger partial charge in [-0.25, -0.2) is 4.79 Å². The maximum absolute atomic E-state index is 12.8. The number of amides is 2. The molecule has 3 aliphatic rings. The number of benzene rings is 1. The van der Waals surface area contributed by atoms with Gasteiger partial charge in [0.15, 0.2) is 0 Å². The van der Waals surface area contributed by atoms with Crippen molar-refractivity contribution >= 4 is 12.0 Å². The van der Waals surface area contributed by atoms with Crippen molar-refractivity contribution in [2.24, 2.45) is 17.8 Å². The highest BCUT2D eigenvalue weighted by Gasteiger charge is 2.58. The van der Waals surface area contributed by atoms with Crippen LogP contribution >= 0.6 is 0 Å². The quantitative estimate of drug-likeness (QED) is 0.865. The second-order valence-corrected chi connectivity index (χ2v) is 10.3. The lowest BCUT2D eigenvalue weighted by atomic mass is 9.69. The van der Waals surface area contributed by atoms with Crippen LogP contribution in [0.3, 0.4) is 0 Å². The molecule has 3 atom stereocenters. The van der Waals surface area contributed by atoms with E-state index < -0.39 is 6.09 Å². The molecule has 5 heteroatoms. The highest BCUT2D eigenvalue weighted by atomic mass is 16.5. The lowest BCUT2D eigenvalue weighted by molar-refractivity contribution is -0.140. The Kier molecular flexibility index (Phi) is 4.48. The second kappa shape index (κ2) is 6.50. The number of fused-ring (bicyclic) bond motifs is 1. The van der Waals surface area contributed by atoms with Crippen molar-refractivity contribution in [3.63, 3.8) is 0 Å². The number of likely N-dealkylation sites (tertiary alicyclic amines) is 1. The molecule has 5 nitrogen and oxygen atoms in total. The van der Waals surface area contributed by atoms with Crippen molar-refractivity contribution in [2.45, 2.75) is 57.4 Å². The van der Waals surface area contributed by atoms with Crippen LogP contribution < -0.4 is 5.32 Å². The van der Waals surface area contributed by atoms with Crippen molar-refractivity contribution in [1.29, 1.82) is 0 Å². The molecular formula is C23H32N2O3. The number of ether oxygens (including phenoxy) is 1. The zero-order valence-corrected chi connectivity index (χ0v) is 17.6. The molecule has 1 heterocycles. The molecular weight excluding hydrogens is 352 g/mol. The number of nitrogens with one attached hydrogen (secondary N) is 1. The Bertz CT molecular complexity index is 779. The van der Waals surface area contributed by atoms with Gasteiger partial charge in [-0.15, -0.1) is 0 Å². The maximum atomic E-state index is 12.8. The number of hydrogen-bond acceptors (Lipinski definition) is 3. The van der Waals surface area contributed by atoms with E-state index in [-0.39, 0.29) is 22.8 Å². The monoisotopic (exact) mass is 384 g/mol. The molecule has 2 saturated carbocycles. The van der Waals surface area contributed by atoms with Crippen molar-refractivity contribution in [2.75, 3.05) is 20.2 Å². The molecule has 2 aliphatic carbocycles. The van der Waals surface area contributed by atoms with Crippen LogP contribution in [0.25, 0.3) is 0 Å². The van der Waals surface area contributed by atoms with E-state index in [1.807, 2.05) is 6.92 Å². The molecule has 28 heavy (non-hydrogen) atoms. The minimum atomic E-state index is -0.420. The summed E-state index contributed by atoms with van der Waals surface area (Å²) in [5, 5.41) is 2.85. The van der Waals surface area contributed by atoms with Crippen LogP contribution in [-0.4, -0.2) is 42.6 Å². The fourth-order valence-electron chi connectivity index (χ4n) is 5.27. The smallest absolute Gasteiger partial charge is 0.407 e. The third kappa shape index (κ3) is 3.40. The second-order valence-electron chi connectivity index (χ2n) is 10.3. The fourth-order valence-corrected chi connectivity index (χ4v) is 5.27. The van der Waals surface area contributed by atoms with Crippen LogP contribution in [0.1, 0.15) is 57.6 Å². The number of piperidine rings is 1. The molecule has 2 amide bonds. The fraction of sp³-hybridized carbons (Fsp3) is 0.652. The van der Waals surface area contributed by atoms with Gasteiger partial charge >= 0.3 is 6.09 Å². The number of carbonyl (C=O) groups is 2. The van der Waals surface area contributed by atoms with Gasteiger partial charge in [0.05, 0.1) is 7.11 Å². The summed E-state index contributed by atoms with van der Waals surface area (Å²) in [6.07, 6.45) is 0.976. The van der Waals surface area contributed by atoms with Gasteiger partial charge in [0.25, 0.3) is 0 Å². The van der Waals surface area contributed by atoms with Crippen molar-refractivity contribution < 1.29 is 14.3 Å². The van der Waals surface area contributed by atoms with E-state index >= 15 is 0 Å². The van der Waals surface area contributed by atoms with Gasteiger partial charge in [-0.1, -0.05) is 45.0 Å². The lowest BCUT2D eigenvalue weighted by Gasteiger charge is -2.45. The first-order valence-electron chi connectivity index (χ1n) is 10.4.